The van der Waals surface area contributed by atoms with E-state index < -0.39 is 0 Å². The van der Waals surface area contributed by atoms with Crippen molar-refractivity contribution in [2.75, 3.05) is 5.32 Å². The lowest BCUT2D eigenvalue weighted by molar-refractivity contribution is 1.31. The van der Waals surface area contributed by atoms with E-state index in [1.54, 1.807) is 0 Å². The Morgan fingerprint density at radius 2 is 1.25 bits per heavy atom. The van der Waals surface area contributed by atoms with Crippen molar-refractivity contribution < 1.29 is 0 Å². The fourth-order valence-electron chi connectivity index (χ4n) is 3.12. The molecule has 0 aliphatic heterocycles. The Morgan fingerprint density at radius 1 is 0.708 bits per heavy atom. The number of nitrogens with one attached hydrogen (secondary N) is 1. The zero-order chi connectivity index (χ0) is 17.3. The molecule has 24 heavy (non-hydrogen) atoms. The minimum Gasteiger partial charge on any atom is -0.355 e. The van der Waals surface area contributed by atoms with Crippen molar-refractivity contribution in [3.63, 3.8) is 0 Å². The van der Waals surface area contributed by atoms with Crippen LogP contribution in [0.4, 0.5) is 11.4 Å². The molecular formula is C21H19Br2N. The van der Waals surface area contributed by atoms with Gasteiger partial charge < -0.3 is 5.32 Å². The Balaban J connectivity index is 2.08. The van der Waals surface area contributed by atoms with Crippen LogP contribution in [-0.4, -0.2) is 0 Å². The van der Waals surface area contributed by atoms with Crippen molar-refractivity contribution in [3.05, 3.63) is 80.2 Å². The highest BCUT2D eigenvalue weighted by Crippen LogP contribution is 2.36. The summed E-state index contributed by atoms with van der Waals surface area (Å²) in [5, 5.41) is 3.59. The van der Waals surface area contributed by atoms with Gasteiger partial charge in [-0.2, -0.15) is 0 Å². The monoisotopic (exact) mass is 443 g/mol. The average molecular weight is 445 g/mol. The first-order valence-electron chi connectivity index (χ1n) is 7.85. The van der Waals surface area contributed by atoms with Gasteiger partial charge in [0.05, 0.1) is 0 Å². The van der Waals surface area contributed by atoms with Crippen LogP contribution in [0.15, 0.2) is 63.5 Å². The molecule has 0 unspecified atom stereocenters. The van der Waals surface area contributed by atoms with E-state index in [0.29, 0.717) is 0 Å². The lowest BCUT2D eigenvalue weighted by Crippen LogP contribution is -2.00. The molecule has 0 heterocycles. The predicted molar refractivity (Wildman–Crippen MR) is 111 cm³/mol. The first-order chi connectivity index (χ1) is 11.5. The van der Waals surface area contributed by atoms with Crippen LogP contribution in [-0.2, 0) is 0 Å². The maximum absolute atomic E-state index is 3.59. The van der Waals surface area contributed by atoms with Crippen molar-refractivity contribution in [1.82, 2.24) is 0 Å². The van der Waals surface area contributed by atoms with Crippen molar-refractivity contribution >= 4 is 43.2 Å². The number of hydrogen-bond acceptors (Lipinski definition) is 1. The van der Waals surface area contributed by atoms with Crippen LogP contribution in [0.1, 0.15) is 16.7 Å². The van der Waals surface area contributed by atoms with Crippen LogP contribution in [0.3, 0.4) is 0 Å². The topological polar surface area (TPSA) is 12.0 Å². The Kier molecular flexibility index (Phi) is 5.12. The van der Waals surface area contributed by atoms with E-state index in [4.69, 9.17) is 0 Å². The largest absolute Gasteiger partial charge is 0.355 e. The molecule has 3 rings (SSSR count). The fraction of sp³-hybridized carbons (Fsp3) is 0.143. The molecule has 0 saturated carbocycles. The molecule has 122 valence electrons. The minimum atomic E-state index is 1.08. The van der Waals surface area contributed by atoms with Crippen LogP contribution in [0.5, 0.6) is 0 Å². The number of halogens is 2. The van der Waals surface area contributed by atoms with Crippen LogP contribution in [0.2, 0.25) is 0 Å². The average Bonchev–Trinajstić information content (AvgIpc) is 2.55. The van der Waals surface area contributed by atoms with E-state index in [1.807, 2.05) is 0 Å². The Hall–Kier alpha value is -1.58. The molecule has 0 saturated heterocycles. The molecule has 1 N–H and O–H groups in total. The van der Waals surface area contributed by atoms with Crippen LogP contribution in [0, 0.1) is 20.8 Å². The van der Waals surface area contributed by atoms with E-state index in [2.05, 4.69) is 113 Å². The first-order valence-corrected chi connectivity index (χ1v) is 9.43. The summed E-state index contributed by atoms with van der Waals surface area (Å²) in [5.41, 5.74) is 8.65. The Morgan fingerprint density at radius 3 is 1.83 bits per heavy atom. The molecule has 0 fully saturated rings. The van der Waals surface area contributed by atoms with Gasteiger partial charge in [-0.15, -0.1) is 0 Å². The van der Waals surface area contributed by atoms with Crippen molar-refractivity contribution in [2.45, 2.75) is 20.8 Å². The molecule has 3 heteroatoms. The Labute approximate surface area is 160 Å². The zero-order valence-corrected chi connectivity index (χ0v) is 17.1. The van der Waals surface area contributed by atoms with Gasteiger partial charge in [-0.1, -0.05) is 50.1 Å². The van der Waals surface area contributed by atoms with Crippen LogP contribution >= 0.6 is 31.9 Å². The number of anilines is 2. The SMILES string of the molecule is Cc1cc(C)c(-c2ccc(Br)cc2)c(C)c1Nc1ccc(Br)cc1. The summed E-state index contributed by atoms with van der Waals surface area (Å²) < 4.78 is 2.18. The van der Waals surface area contributed by atoms with Crippen molar-refractivity contribution in [2.24, 2.45) is 0 Å². The number of hydrogen-bond donors (Lipinski definition) is 1. The Bertz CT molecular complexity index is 866. The zero-order valence-electron chi connectivity index (χ0n) is 14.0. The molecular weight excluding hydrogens is 426 g/mol. The molecule has 3 aromatic carbocycles. The molecule has 0 atom stereocenters. The minimum absolute atomic E-state index is 1.08. The van der Waals surface area contributed by atoms with E-state index in [9.17, 15) is 0 Å². The third-order valence-electron chi connectivity index (χ3n) is 4.22. The second-order valence-corrected chi connectivity index (χ2v) is 7.86. The second kappa shape index (κ2) is 7.12. The van der Waals surface area contributed by atoms with Gasteiger partial charge in [0.25, 0.3) is 0 Å². The molecule has 1 nitrogen and oxygen atoms in total. The van der Waals surface area contributed by atoms with Gasteiger partial charge >= 0.3 is 0 Å². The molecule has 0 aromatic heterocycles. The number of aryl methyl sites for hydroxylation is 2. The normalized spacial score (nSPS) is 10.7. The molecule has 3 aromatic rings. The lowest BCUT2D eigenvalue weighted by Gasteiger charge is -2.19. The summed E-state index contributed by atoms with van der Waals surface area (Å²) in [6, 6.07) is 19.0. The van der Waals surface area contributed by atoms with Gasteiger partial charge in [-0.25, -0.2) is 0 Å². The lowest BCUT2D eigenvalue weighted by atomic mass is 9.92. The summed E-state index contributed by atoms with van der Waals surface area (Å²) in [5.74, 6) is 0. The summed E-state index contributed by atoms with van der Waals surface area (Å²) in [4.78, 5) is 0. The first kappa shape index (κ1) is 17.2. The van der Waals surface area contributed by atoms with Crippen LogP contribution < -0.4 is 5.32 Å². The van der Waals surface area contributed by atoms with Gasteiger partial charge in [0.15, 0.2) is 0 Å². The van der Waals surface area contributed by atoms with Gasteiger partial charge in [0.1, 0.15) is 0 Å². The maximum Gasteiger partial charge on any atom is 0.0450 e. The highest BCUT2D eigenvalue weighted by atomic mass is 79.9. The maximum atomic E-state index is 3.59. The highest BCUT2D eigenvalue weighted by molar-refractivity contribution is 9.10. The number of rotatable bonds is 3. The third kappa shape index (κ3) is 3.57. The van der Waals surface area contributed by atoms with E-state index in [-0.39, 0.29) is 0 Å². The second-order valence-electron chi connectivity index (χ2n) is 6.02. The van der Waals surface area contributed by atoms with Gasteiger partial charge in [-0.05, 0) is 85.0 Å². The molecule has 0 radical (unpaired) electrons. The summed E-state index contributed by atoms with van der Waals surface area (Å²) >= 11 is 7.00. The molecule has 0 aliphatic carbocycles. The van der Waals surface area contributed by atoms with E-state index in [0.717, 1.165) is 14.6 Å². The van der Waals surface area contributed by atoms with E-state index in [1.165, 1.54) is 33.5 Å². The van der Waals surface area contributed by atoms with Crippen molar-refractivity contribution in [3.8, 4) is 11.1 Å². The molecule has 0 aliphatic rings. The van der Waals surface area contributed by atoms with Crippen molar-refractivity contribution in [1.29, 1.82) is 0 Å². The fourth-order valence-corrected chi connectivity index (χ4v) is 3.64. The summed E-state index contributed by atoms with van der Waals surface area (Å²) in [6.07, 6.45) is 0. The third-order valence-corrected chi connectivity index (χ3v) is 5.28. The van der Waals surface area contributed by atoms with Gasteiger partial charge in [0.2, 0.25) is 0 Å². The standard InChI is InChI=1S/C21H19Br2N/c1-13-12-14(2)21(24-19-10-8-18(23)9-11-19)15(3)20(13)16-4-6-17(22)7-5-16/h4-12,24H,1-3H3. The summed E-state index contributed by atoms with van der Waals surface area (Å²) in [6.45, 7) is 6.53. The van der Waals surface area contributed by atoms with Gasteiger partial charge in [0, 0.05) is 20.3 Å². The highest BCUT2D eigenvalue weighted by Gasteiger charge is 2.13. The molecule has 0 bridgehead atoms. The predicted octanol–water partition coefficient (Wildman–Crippen LogP) is 7.55. The van der Waals surface area contributed by atoms with Gasteiger partial charge in [-0.3, -0.25) is 0 Å². The van der Waals surface area contributed by atoms with E-state index >= 15 is 0 Å². The number of benzene rings is 3. The molecule has 0 spiro atoms. The molecule has 0 amide bonds. The smallest absolute Gasteiger partial charge is 0.0450 e. The summed E-state index contributed by atoms with van der Waals surface area (Å²) in [7, 11) is 0. The quantitative estimate of drug-likeness (QED) is 0.439. The van der Waals surface area contributed by atoms with Crippen LogP contribution in [0.25, 0.3) is 11.1 Å².